The van der Waals surface area contributed by atoms with Gasteiger partial charge in [-0.25, -0.2) is 0 Å². The van der Waals surface area contributed by atoms with Crippen molar-refractivity contribution in [2.75, 3.05) is 0 Å². The van der Waals surface area contributed by atoms with Crippen LogP contribution in [-0.4, -0.2) is 20.1 Å². The first-order chi connectivity index (χ1) is 10.1. The van der Waals surface area contributed by atoms with Crippen molar-refractivity contribution >= 4 is 28.3 Å². The molecule has 0 bridgehead atoms. The van der Waals surface area contributed by atoms with E-state index in [9.17, 15) is 10.1 Å². The zero-order chi connectivity index (χ0) is 14.8. The summed E-state index contributed by atoms with van der Waals surface area (Å²) in [6.45, 7) is 0.248. The molecule has 0 atom stereocenters. The lowest BCUT2D eigenvalue weighted by Gasteiger charge is -2.05. The molecule has 0 spiro atoms. The molecule has 0 radical (unpaired) electrons. The minimum absolute atomic E-state index is 0.0406. The number of rotatable bonds is 4. The molecule has 8 heteroatoms. The van der Waals surface area contributed by atoms with Crippen LogP contribution in [0.4, 0.5) is 5.69 Å². The molecule has 0 amide bonds. The predicted octanol–water partition coefficient (Wildman–Crippen LogP) is 2.62. The van der Waals surface area contributed by atoms with E-state index in [2.05, 4.69) is 10.3 Å². The van der Waals surface area contributed by atoms with Crippen molar-refractivity contribution in [3.8, 4) is 0 Å². The summed E-state index contributed by atoms with van der Waals surface area (Å²) in [5.74, 6) is 0. The number of fused-ring (bicyclic) bond motifs is 1. The van der Waals surface area contributed by atoms with Gasteiger partial charge in [-0.1, -0.05) is 28.6 Å². The SMILES string of the molecule is O=[N+]([O-])c1ccc2nnn(OCc3ccc(Cl)cc3)c2c1. The standard InChI is InChI=1S/C13H9ClN4O3/c14-10-3-1-9(2-4-10)8-21-17-13-7-11(18(19)20)5-6-12(13)15-16-17/h1-7H,8H2. The molecule has 1 aromatic heterocycles. The quantitative estimate of drug-likeness (QED) is 0.546. The maximum Gasteiger partial charge on any atom is 0.271 e. The van der Waals surface area contributed by atoms with Gasteiger partial charge in [-0.15, -0.1) is 5.10 Å². The van der Waals surface area contributed by atoms with Gasteiger partial charge >= 0.3 is 0 Å². The van der Waals surface area contributed by atoms with Crippen molar-refractivity contribution < 1.29 is 9.76 Å². The Labute approximate surface area is 123 Å². The van der Waals surface area contributed by atoms with Crippen LogP contribution < -0.4 is 4.84 Å². The maximum atomic E-state index is 10.8. The molecule has 7 nitrogen and oxygen atoms in total. The number of aromatic nitrogens is 3. The minimum atomic E-state index is -0.476. The van der Waals surface area contributed by atoms with Crippen molar-refractivity contribution in [3.63, 3.8) is 0 Å². The lowest BCUT2D eigenvalue weighted by atomic mass is 10.2. The lowest BCUT2D eigenvalue weighted by molar-refractivity contribution is -0.384. The van der Waals surface area contributed by atoms with E-state index in [1.54, 1.807) is 12.1 Å². The van der Waals surface area contributed by atoms with Crippen LogP contribution in [0.15, 0.2) is 42.5 Å². The topological polar surface area (TPSA) is 83.1 Å². The molecule has 2 aromatic carbocycles. The highest BCUT2D eigenvalue weighted by atomic mass is 35.5. The van der Waals surface area contributed by atoms with E-state index in [0.29, 0.717) is 16.1 Å². The number of hydrogen-bond donors (Lipinski definition) is 0. The van der Waals surface area contributed by atoms with Crippen LogP contribution in [0.2, 0.25) is 5.02 Å². The maximum absolute atomic E-state index is 10.8. The molecule has 0 saturated heterocycles. The van der Waals surface area contributed by atoms with E-state index in [4.69, 9.17) is 16.4 Å². The third kappa shape index (κ3) is 2.77. The first-order valence-electron chi connectivity index (χ1n) is 6.01. The summed E-state index contributed by atoms with van der Waals surface area (Å²) >= 11 is 5.80. The number of nitro benzene ring substituents is 1. The van der Waals surface area contributed by atoms with Crippen molar-refractivity contribution in [2.24, 2.45) is 0 Å². The summed E-state index contributed by atoms with van der Waals surface area (Å²) in [4.78, 5) is 17.0. The molecule has 0 saturated carbocycles. The second kappa shape index (κ2) is 5.37. The highest BCUT2D eigenvalue weighted by molar-refractivity contribution is 6.30. The van der Waals surface area contributed by atoms with Crippen LogP contribution in [0.1, 0.15) is 5.56 Å². The van der Waals surface area contributed by atoms with Gasteiger partial charge in [0.2, 0.25) is 0 Å². The molecular formula is C13H9ClN4O3. The van der Waals surface area contributed by atoms with Gasteiger partial charge in [0.1, 0.15) is 17.6 Å². The van der Waals surface area contributed by atoms with Crippen molar-refractivity contribution in [3.05, 3.63) is 63.2 Å². The predicted molar refractivity (Wildman–Crippen MR) is 75.9 cm³/mol. The summed E-state index contributed by atoms with van der Waals surface area (Å²) in [5.41, 5.74) is 1.82. The molecule has 0 aliphatic rings. The Morgan fingerprint density at radius 1 is 1.24 bits per heavy atom. The molecule has 0 aliphatic carbocycles. The Hall–Kier alpha value is -2.67. The minimum Gasteiger partial charge on any atom is -0.390 e. The smallest absolute Gasteiger partial charge is 0.271 e. The van der Waals surface area contributed by atoms with Crippen molar-refractivity contribution in [1.29, 1.82) is 0 Å². The monoisotopic (exact) mass is 304 g/mol. The summed E-state index contributed by atoms with van der Waals surface area (Å²) in [6, 6.07) is 11.4. The van der Waals surface area contributed by atoms with Crippen molar-refractivity contribution in [2.45, 2.75) is 6.61 Å². The highest BCUT2D eigenvalue weighted by Gasteiger charge is 2.12. The Morgan fingerprint density at radius 2 is 2.00 bits per heavy atom. The highest BCUT2D eigenvalue weighted by Crippen LogP contribution is 2.18. The van der Waals surface area contributed by atoms with E-state index in [1.807, 2.05) is 12.1 Å². The van der Waals surface area contributed by atoms with E-state index in [0.717, 1.165) is 5.56 Å². The van der Waals surface area contributed by atoms with Gasteiger partial charge in [0.15, 0.2) is 0 Å². The van der Waals surface area contributed by atoms with Gasteiger partial charge in [0.05, 0.1) is 4.92 Å². The van der Waals surface area contributed by atoms with Gasteiger partial charge in [-0.3, -0.25) is 10.1 Å². The van der Waals surface area contributed by atoms with Gasteiger partial charge in [-0.05, 0) is 29.0 Å². The Bertz CT molecular complexity index is 801. The summed E-state index contributed by atoms with van der Waals surface area (Å²) in [7, 11) is 0. The van der Waals surface area contributed by atoms with Crippen LogP contribution in [0.25, 0.3) is 11.0 Å². The lowest BCUT2D eigenvalue weighted by Crippen LogP contribution is -2.12. The fourth-order valence-electron chi connectivity index (χ4n) is 1.81. The molecule has 21 heavy (non-hydrogen) atoms. The number of non-ortho nitro benzene ring substituents is 1. The normalized spacial score (nSPS) is 10.7. The van der Waals surface area contributed by atoms with Crippen molar-refractivity contribution in [1.82, 2.24) is 15.2 Å². The molecular weight excluding hydrogens is 296 g/mol. The van der Waals surface area contributed by atoms with Gasteiger partial charge < -0.3 is 4.84 Å². The number of halogens is 1. The molecule has 0 N–H and O–H groups in total. The molecule has 3 rings (SSSR count). The zero-order valence-electron chi connectivity index (χ0n) is 10.6. The second-order valence-corrected chi connectivity index (χ2v) is 4.73. The number of nitrogens with zero attached hydrogens (tertiary/aromatic N) is 4. The first kappa shape index (κ1) is 13.3. The third-order valence-electron chi connectivity index (χ3n) is 2.88. The largest absolute Gasteiger partial charge is 0.390 e. The average Bonchev–Trinajstić information content (AvgIpc) is 2.89. The average molecular weight is 305 g/mol. The third-order valence-corrected chi connectivity index (χ3v) is 3.13. The fourth-order valence-corrected chi connectivity index (χ4v) is 1.94. The van der Waals surface area contributed by atoms with E-state index in [-0.39, 0.29) is 12.3 Å². The van der Waals surface area contributed by atoms with Crippen LogP contribution in [-0.2, 0) is 6.61 Å². The van der Waals surface area contributed by atoms with Crippen LogP contribution in [0.3, 0.4) is 0 Å². The molecule has 3 aromatic rings. The summed E-state index contributed by atoms with van der Waals surface area (Å²) in [5, 5.41) is 19.1. The number of benzene rings is 2. The second-order valence-electron chi connectivity index (χ2n) is 4.29. The van der Waals surface area contributed by atoms with Crippen LogP contribution in [0, 0.1) is 10.1 Å². The van der Waals surface area contributed by atoms with Gasteiger partial charge in [0, 0.05) is 17.2 Å². The number of hydrogen-bond acceptors (Lipinski definition) is 5. The van der Waals surface area contributed by atoms with Gasteiger partial charge in [0.25, 0.3) is 5.69 Å². The summed E-state index contributed by atoms with van der Waals surface area (Å²) in [6.07, 6.45) is 0. The Kier molecular flexibility index (Phi) is 3.41. The molecule has 0 fully saturated rings. The van der Waals surface area contributed by atoms with E-state index >= 15 is 0 Å². The Morgan fingerprint density at radius 3 is 2.71 bits per heavy atom. The molecule has 106 valence electrons. The van der Waals surface area contributed by atoms with Crippen LogP contribution >= 0.6 is 11.6 Å². The van der Waals surface area contributed by atoms with E-state index < -0.39 is 4.92 Å². The summed E-state index contributed by atoms with van der Waals surface area (Å²) < 4.78 is 0. The van der Waals surface area contributed by atoms with Gasteiger partial charge in [-0.2, -0.15) is 0 Å². The molecule has 0 unspecified atom stereocenters. The molecule has 1 heterocycles. The fraction of sp³-hybridized carbons (Fsp3) is 0.0769. The molecule has 0 aliphatic heterocycles. The first-order valence-corrected chi connectivity index (χ1v) is 6.39. The number of nitro groups is 1. The van der Waals surface area contributed by atoms with E-state index in [1.165, 1.54) is 23.0 Å². The zero-order valence-corrected chi connectivity index (χ0v) is 11.4. The Balaban J connectivity index is 1.84. The van der Waals surface area contributed by atoms with Crippen LogP contribution in [0.5, 0.6) is 0 Å².